The van der Waals surface area contributed by atoms with Crippen LogP contribution >= 0.6 is 0 Å². The van der Waals surface area contributed by atoms with Crippen LogP contribution in [0.2, 0.25) is 0 Å². The molecule has 132 valence electrons. The molecule has 1 amide bonds. The van der Waals surface area contributed by atoms with E-state index in [4.69, 9.17) is 4.74 Å². The number of nitrogens with zero attached hydrogens (tertiary/aromatic N) is 1. The lowest BCUT2D eigenvalue weighted by molar-refractivity contribution is -0.134. The lowest BCUT2D eigenvalue weighted by Gasteiger charge is -2.31. The lowest BCUT2D eigenvalue weighted by atomic mass is 10.0. The van der Waals surface area contributed by atoms with E-state index in [1.165, 1.54) is 6.42 Å². The van der Waals surface area contributed by atoms with Crippen molar-refractivity contribution in [1.82, 2.24) is 10.2 Å². The third-order valence-electron chi connectivity index (χ3n) is 4.72. The van der Waals surface area contributed by atoms with Gasteiger partial charge in [-0.3, -0.25) is 10.1 Å². The van der Waals surface area contributed by atoms with Crippen molar-refractivity contribution in [1.29, 1.82) is 0 Å². The van der Waals surface area contributed by atoms with Crippen molar-refractivity contribution in [2.45, 2.75) is 31.8 Å². The molecule has 1 heterocycles. The Balaban J connectivity index is 1.72. The topological polar surface area (TPSA) is 41.6 Å². The fourth-order valence-corrected chi connectivity index (χ4v) is 3.25. The van der Waals surface area contributed by atoms with Gasteiger partial charge in [0.2, 0.25) is 5.91 Å². The molecule has 0 aromatic heterocycles. The molecule has 1 N–H and O–H groups in total. The molecule has 1 aliphatic heterocycles. The summed E-state index contributed by atoms with van der Waals surface area (Å²) in [7, 11) is 1.66. The van der Waals surface area contributed by atoms with Crippen molar-refractivity contribution in [3.63, 3.8) is 0 Å². The number of likely N-dealkylation sites (tertiary alicyclic amines) is 1. The Kier molecular flexibility index (Phi) is 6.07. The van der Waals surface area contributed by atoms with Gasteiger partial charge in [0, 0.05) is 19.6 Å². The summed E-state index contributed by atoms with van der Waals surface area (Å²) in [5.74, 6) is 1.02. The van der Waals surface area contributed by atoms with E-state index in [0.717, 1.165) is 42.8 Å². The third kappa shape index (κ3) is 4.60. The number of carbonyl (C=O) groups is 1. The fraction of sp³-hybridized carbons (Fsp3) is 0.381. The molecule has 0 bridgehead atoms. The van der Waals surface area contributed by atoms with Gasteiger partial charge in [-0.15, -0.1) is 0 Å². The summed E-state index contributed by atoms with van der Waals surface area (Å²) in [4.78, 5) is 15.1. The molecule has 25 heavy (non-hydrogen) atoms. The first kappa shape index (κ1) is 17.5. The first-order valence-electron chi connectivity index (χ1n) is 8.98. The zero-order chi connectivity index (χ0) is 17.5. The highest BCUT2D eigenvalue weighted by molar-refractivity contribution is 5.83. The molecule has 1 fully saturated rings. The average molecular weight is 338 g/mol. The zero-order valence-corrected chi connectivity index (χ0v) is 14.8. The van der Waals surface area contributed by atoms with Gasteiger partial charge in [-0.25, -0.2) is 0 Å². The van der Waals surface area contributed by atoms with Crippen LogP contribution in [0.5, 0.6) is 5.75 Å². The number of hydrogen-bond acceptors (Lipinski definition) is 3. The Hall–Kier alpha value is -2.33. The Morgan fingerprint density at radius 1 is 1.04 bits per heavy atom. The second-order valence-corrected chi connectivity index (χ2v) is 6.46. The van der Waals surface area contributed by atoms with Crippen molar-refractivity contribution in [2.24, 2.45) is 0 Å². The van der Waals surface area contributed by atoms with Crippen LogP contribution < -0.4 is 10.1 Å². The van der Waals surface area contributed by atoms with Gasteiger partial charge < -0.3 is 9.64 Å². The van der Waals surface area contributed by atoms with Gasteiger partial charge >= 0.3 is 0 Å². The van der Waals surface area contributed by atoms with Gasteiger partial charge in [0.1, 0.15) is 11.8 Å². The Morgan fingerprint density at radius 3 is 2.36 bits per heavy atom. The molecular formula is C21H26N2O2. The summed E-state index contributed by atoms with van der Waals surface area (Å²) >= 11 is 0. The van der Waals surface area contributed by atoms with Crippen LogP contribution in [0.25, 0.3) is 0 Å². The van der Waals surface area contributed by atoms with Crippen LogP contribution in [0.4, 0.5) is 0 Å². The SMILES string of the molecule is COc1ccc(CNC(C(=O)N2CCCCC2)c2ccccc2)cc1. The van der Waals surface area contributed by atoms with Gasteiger partial charge in [-0.1, -0.05) is 42.5 Å². The molecule has 3 rings (SSSR count). The van der Waals surface area contributed by atoms with Crippen LogP contribution in [-0.4, -0.2) is 31.0 Å². The van der Waals surface area contributed by atoms with E-state index in [2.05, 4.69) is 5.32 Å². The summed E-state index contributed by atoms with van der Waals surface area (Å²) in [6, 6.07) is 17.6. The van der Waals surface area contributed by atoms with Gasteiger partial charge in [-0.2, -0.15) is 0 Å². The highest BCUT2D eigenvalue weighted by Crippen LogP contribution is 2.20. The van der Waals surface area contributed by atoms with Crippen molar-refractivity contribution >= 4 is 5.91 Å². The molecule has 0 radical (unpaired) electrons. The van der Waals surface area contributed by atoms with E-state index in [-0.39, 0.29) is 11.9 Å². The van der Waals surface area contributed by atoms with E-state index in [0.29, 0.717) is 6.54 Å². The first-order valence-corrected chi connectivity index (χ1v) is 8.98. The highest BCUT2D eigenvalue weighted by Gasteiger charge is 2.26. The Bertz CT molecular complexity index is 664. The molecular weight excluding hydrogens is 312 g/mol. The summed E-state index contributed by atoms with van der Waals surface area (Å²) in [5.41, 5.74) is 2.15. The van der Waals surface area contributed by atoms with E-state index in [1.54, 1.807) is 7.11 Å². The Morgan fingerprint density at radius 2 is 1.72 bits per heavy atom. The predicted molar refractivity (Wildman–Crippen MR) is 99.4 cm³/mol. The maximum Gasteiger partial charge on any atom is 0.244 e. The fourth-order valence-electron chi connectivity index (χ4n) is 3.25. The second kappa shape index (κ2) is 8.67. The van der Waals surface area contributed by atoms with Gasteiger partial charge in [0.25, 0.3) is 0 Å². The average Bonchev–Trinajstić information content (AvgIpc) is 2.70. The molecule has 0 spiro atoms. The number of nitrogens with one attached hydrogen (secondary N) is 1. The van der Waals surface area contributed by atoms with Crippen molar-refractivity contribution in [3.8, 4) is 5.75 Å². The number of hydrogen-bond donors (Lipinski definition) is 1. The van der Waals surface area contributed by atoms with E-state index in [1.807, 2.05) is 59.5 Å². The van der Waals surface area contributed by atoms with E-state index in [9.17, 15) is 4.79 Å². The Labute approximate surface area is 149 Å². The smallest absolute Gasteiger partial charge is 0.244 e. The van der Waals surface area contributed by atoms with Crippen LogP contribution in [0, 0.1) is 0 Å². The number of amides is 1. The third-order valence-corrected chi connectivity index (χ3v) is 4.72. The summed E-state index contributed by atoms with van der Waals surface area (Å²) < 4.78 is 5.20. The van der Waals surface area contributed by atoms with Crippen LogP contribution in [0.15, 0.2) is 54.6 Å². The van der Waals surface area contributed by atoms with Crippen molar-refractivity contribution < 1.29 is 9.53 Å². The summed E-state index contributed by atoms with van der Waals surface area (Å²) in [5, 5.41) is 3.45. The normalized spacial score (nSPS) is 15.6. The second-order valence-electron chi connectivity index (χ2n) is 6.46. The molecule has 0 aliphatic carbocycles. The molecule has 1 aliphatic rings. The minimum atomic E-state index is -0.304. The standard InChI is InChI=1S/C21H26N2O2/c1-25-19-12-10-17(11-13-19)16-22-20(18-8-4-2-5-9-18)21(24)23-14-6-3-7-15-23/h2,4-5,8-13,20,22H,3,6-7,14-16H2,1H3. The maximum atomic E-state index is 13.1. The molecule has 2 aromatic carbocycles. The predicted octanol–water partition coefficient (Wildman–Crippen LogP) is 3.54. The van der Waals surface area contributed by atoms with Crippen LogP contribution in [0.1, 0.15) is 36.4 Å². The number of methoxy groups -OCH3 is 1. The van der Waals surface area contributed by atoms with Gasteiger partial charge in [0.15, 0.2) is 0 Å². The van der Waals surface area contributed by atoms with E-state index >= 15 is 0 Å². The van der Waals surface area contributed by atoms with E-state index < -0.39 is 0 Å². The first-order chi connectivity index (χ1) is 12.3. The largest absolute Gasteiger partial charge is 0.497 e. The highest BCUT2D eigenvalue weighted by atomic mass is 16.5. The summed E-state index contributed by atoms with van der Waals surface area (Å²) in [6.07, 6.45) is 3.43. The maximum absolute atomic E-state index is 13.1. The minimum absolute atomic E-state index is 0.180. The summed E-state index contributed by atoms with van der Waals surface area (Å²) in [6.45, 7) is 2.38. The number of benzene rings is 2. The molecule has 1 saturated heterocycles. The van der Waals surface area contributed by atoms with Crippen LogP contribution in [0.3, 0.4) is 0 Å². The monoisotopic (exact) mass is 338 g/mol. The number of piperidine rings is 1. The number of rotatable bonds is 6. The van der Waals surface area contributed by atoms with Crippen LogP contribution in [-0.2, 0) is 11.3 Å². The zero-order valence-electron chi connectivity index (χ0n) is 14.8. The molecule has 1 unspecified atom stereocenters. The lowest BCUT2D eigenvalue weighted by Crippen LogP contribution is -2.43. The minimum Gasteiger partial charge on any atom is -0.497 e. The quantitative estimate of drug-likeness (QED) is 0.876. The molecule has 0 saturated carbocycles. The molecule has 1 atom stereocenters. The van der Waals surface area contributed by atoms with Crippen molar-refractivity contribution in [3.05, 3.63) is 65.7 Å². The molecule has 4 nitrogen and oxygen atoms in total. The number of carbonyl (C=O) groups excluding carboxylic acids is 1. The van der Waals surface area contributed by atoms with Gasteiger partial charge in [0.05, 0.1) is 7.11 Å². The molecule has 2 aromatic rings. The molecule has 4 heteroatoms. The number of ether oxygens (including phenoxy) is 1. The van der Waals surface area contributed by atoms with Crippen molar-refractivity contribution in [2.75, 3.05) is 20.2 Å². The van der Waals surface area contributed by atoms with Gasteiger partial charge in [-0.05, 0) is 42.5 Å².